The molecule has 2 atom stereocenters. The first kappa shape index (κ1) is 14.9. The van der Waals surface area contributed by atoms with Crippen molar-refractivity contribution in [1.29, 1.82) is 0 Å². The Bertz CT molecular complexity index is 296. The first-order valence-corrected chi connectivity index (χ1v) is 6.38. The molecule has 0 saturated carbocycles. The van der Waals surface area contributed by atoms with Crippen molar-refractivity contribution in [3.8, 4) is 0 Å². The highest BCUT2D eigenvalue weighted by atomic mass is 16.5. The Hall–Kier alpha value is -1.14. The van der Waals surface area contributed by atoms with E-state index in [0.29, 0.717) is 32.8 Å². The molecule has 1 aliphatic rings. The van der Waals surface area contributed by atoms with Gasteiger partial charge in [-0.2, -0.15) is 0 Å². The van der Waals surface area contributed by atoms with Crippen LogP contribution in [0.4, 0.5) is 0 Å². The average molecular weight is 258 g/mol. The Kier molecular flexibility index (Phi) is 6.07. The fourth-order valence-corrected chi connectivity index (χ4v) is 1.89. The van der Waals surface area contributed by atoms with E-state index in [2.05, 4.69) is 5.32 Å². The molecule has 1 amide bonds. The average Bonchev–Trinajstić information content (AvgIpc) is 2.36. The summed E-state index contributed by atoms with van der Waals surface area (Å²) in [7, 11) is 0. The SMILES string of the molecule is CCCNC(=O)C1COCCN1CC(C)C(=O)O. The van der Waals surface area contributed by atoms with Crippen molar-refractivity contribution >= 4 is 11.9 Å². The highest BCUT2D eigenvalue weighted by Crippen LogP contribution is 2.10. The monoisotopic (exact) mass is 258 g/mol. The summed E-state index contributed by atoms with van der Waals surface area (Å²) >= 11 is 0. The maximum Gasteiger partial charge on any atom is 0.307 e. The molecule has 0 aromatic rings. The van der Waals surface area contributed by atoms with Crippen molar-refractivity contribution in [1.82, 2.24) is 10.2 Å². The second kappa shape index (κ2) is 7.33. The summed E-state index contributed by atoms with van der Waals surface area (Å²) in [6.45, 7) is 6.13. The van der Waals surface area contributed by atoms with Crippen LogP contribution < -0.4 is 5.32 Å². The molecule has 6 nitrogen and oxygen atoms in total. The van der Waals surface area contributed by atoms with E-state index in [4.69, 9.17) is 9.84 Å². The number of morpholine rings is 1. The lowest BCUT2D eigenvalue weighted by Crippen LogP contribution is -2.55. The first-order valence-electron chi connectivity index (χ1n) is 6.38. The van der Waals surface area contributed by atoms with Gasteiger partial charge in [-0.1, -0.05) is 13.8 Å². The summed E-state index contributed by atoms with van der Waals surface area (Å²) in [6.07, 6.45) is 0.880. The van der Waals surface area contributed by atoms with Gasteiger partial charge in [0.2, 0.25) is 5.91 Å². The number of nitrogens with zero attached hydrogens (tertiary/aromatic N) is 1. The molecule has 18 heavy (non-hydrogen) atoms. The fraction of sp³-hybridized carbons (Fsp3) is 0.833. The Morgan fingerprint density at radius 2 is 2.28 bits per heavy atom. The Morgan fingerprint density at radius 3 is 2.89 bits per heavy atom. The predicted molar refractivity (Wildman–Crippen MR) is 66.3 cm³/mol. The number of amides is 1. The normalized spacial score (nSPS) is 22.4. The lowest BCUT2D eigenvalue weighted by Gasteiger charge is -2.35. The summed E-state index contributed by atoms with van der Waals surface area (Å²) < 4.78 is 5.31. The molecular formula is C12H22N2O4. The van der Waals surface area contributed by atoms with Crippen molar-refractivity contribution in [2.45, 2.75) is 26.3 Å². The number of carboxylic acids is 1. The van der Waals surface area contributed by atoms with Crippen molar-refractivity contribution in [2.24, 2.45) is 5.92 Å². The van der Waals surface area contributed by atoms with Crippen LogP contribution in [0.15, 0.2) is 0 Å². The highest BCUT2D eigenvalue weighted by molar-refractivity contribution is 5.82. The summed E-state index contributed by atoms with van der Waals surface area (Å²) in [5.74, 6) is -1.40. The van der Waals surface area contributed by atoms with E-state index < -0.39 is 11.9 Å². The summed E-state index contributed by atoms with van der Waals surface area (Å²) in [5.41, 5.74) is 0. The molecule has 1 fully saturated rings. The van der Waals surface area contributed by atoms with Gasteiger partial charge >= 0.3 is 5.97 Å². The van der Waals surface area contributed by atoms with Crippen LogP contribution in [0, 0.1) is 5.92 Å². The van der Waals surface area contributed by atoms with E-state index in [1.54, 1.807) is 6.92 Å². The summed E-state index contributed by atoms with van der Waals surface area (Å²) in [6, 6.07) is -0.368. The number of carbonyl (C=O) groups is 2. The van der Waals surface area contributed by atoms with Crippen LogP contribution >= 0.6 is 0 Å². The van der Waals surface area contributed by atoms with Crippen LogP contribution in [0.2, 0.25) is 0 Å². The zero-order valence-electron chi connectivity index (χ0n) is 11.0. The van der Waals surface area contributed by atoms with E-state index in [9.17, 15) is 9.59 Å². The van der Waals surface area contributed by atoms with E-state index in [1.807, 2.05) is 11.8 Å². The van der Waals surface area contributed by atoms with Crippen LogP contribution in [0.3, 0.4) is 0 Å². The number of aliphatic carboxylic acids is 1. The van der Waals surface area contributed by atoms with Gasteiger partial charge in [0.05, 0.1) is 19.1 Å². The van der Waals surface area contributed by atoms with Gasteiger partial charge in [-0.15, -0.1) is 0 Å². The molecule has 1 aliphatic heterocycles. The fourth-order valence-electron chi connectivity index (χ4n) is 1.89. The molecule has 1 rings (SSSR count). The smallest absolute Gasteiger partial charge is 0.307 e. The topological polar surface area (TPSA) is 78.9 Å². The van der Waals surface area contributed by atoms with Crippen LogP contribution in [-0.2, 0) is 14.3 Å². The minimum absolute atomic E-state index is 0.0749. The third kappa shape index (κ3) is 4.27. The number of nitrogens with one attached hydrogen (secondary N) is 1. The summed E-state index contributed by atoms with van der Waals surface area (Å²) in [4.78, 5) is 24.7. The van der Waals surface area contributed by atoms with Gasteiger partial charge in [0.1, 0.15) is 6.04 Å². The van der Waals surface area contributed by atoms with Crippen LogP contribution in [0.5, 0.6) is 0 Å². The summed E-state index contributed by atoms with van der Waals surface area (Å²) in [5, 5.41) is 11.7. The van der Waals surface area contributed by atoms with E-state index >= 15 is 0 Å². The van der Waals surface area contributed by atoms with Gasteiger partial charge in [0, 0.05) is 19.6 Å². The molecule has 0 bridgehead atoms. The number of carboxylic acid groups (broad SMARTS) is 1. The molecule has 2 N–H and O–H groups in total. The molecule has 0 aliphatic carbocycles. The molecule has 0 aromatic carbocycles. The lowest BCUT2D eigenvalue weighted by molar-refractivity contribution is -0.144. The van der Waals surface area contributed by atoms with Crippen molar-refractivity contribution < 1.29 is 19.4 Å². The number of carbonyl (C=O) groups excluding carboxylic acids is 1. The zero-order valence-corrected chi connectivity index (χ0v) is 11.0. The maximum atomic E-state index is 11.9. The zero-order chi connectivity index (χ0) is 13.5. The highest BCUT2D eigenvalue weighted by Gasteiger charge is 2.31. The molecule has 104 valence electrons. The van der Waals surface area contributed by atoms with Crippen LogP contribution in [0.25, 0.3) is 0 Å². The first-order chi connectivity index (χ1) is 8.56. The van der Waals surface area contributed by atoms with E-state index in [1.165, 1.54) is 0 Å². The second-order valence-electron chi connectivity index (χ2n) is 4.62. The molecular weight excluding hydrogens is 236 g/mol. The Morgan fingerprint density at radius 1 is 1.56 bits per heavy atom. The number of rotatable bonds is 6. The standard InChI is InChI=1S/C12H22N2O4/c1-3-4-13-11(15)10-8-18-6-5-14(10)7-9(2)12(16)17/h9-10H,3-8H2,1-2H3,(H,13,15)(H,16,17). The van der Waals surface area contributed by atoms with Gasteiger partial charge in [0.15, 0.2) is 0 Å². The number of ether oxygens (including phenoxy) is 1. The minimum atomic E-state index is -0.839. The molecule has 6 heteroatoms. The molecule has 2 unspecified atom stereocenters. The maximum absolute atomic E-state index is 11.9. The van der Waals surface area contributed by atoms with E-state index in [0.717, 1.165) is 6.42 Å². The predicted octanol–water partition coefficient (Wildman–Crippen LogP) is -0.0659. The van der Waals surface area contributed by atoms with E-state index in [-0.39, 0.29) is 11.9 Å². The number of hydrogen-bond acceptors (Lipinski definition) is 4. The molecule has 1 heterocycles. The quantitative estimate of drug-likeness (QED) is 0.697. The van der Waals surface area contributed by atoms with Crippen molar-refractivity contribution in [3.63, 3.8) is 0 Å². The van der Waals surface area contributed by atoms with Gasteiger partial charge in [0.25, 0.3) is 0 Å². The Labute approximate surface area is 107 Å². The largest absolute Gasteiger partial charge is 0.481 e. The van der Waals surface area contributed by atoms with Gasteiger partial charge in [-0.05, 0) is 6.42 Å². The third-order valence-corrected chi connectivity index (χ3v) is 3.02. The van der Waals surface area contributed by atoms with Gasteiger partial charge in [-0.25, -0.2) is 0 Å². The molecule has 0 radical (unpaired) electrons. The van der Waals surface area contributed by atoms with Crippen LogP contribution in [0.1, 0.15) is 20.3 Å². The molecule has 0 aromatic heterocycles. The van der Waals surface area contributed by atoms with Crippen molar-refractivity contribution in [3.05, 3.63) is 0 Å². The minimum Gasteiger partial charge on any atom is -0.481 e. The number of hydrogen-bond donors (Lipinski definition) is 2. The molecule has 0 spiro atoms. The van der Waals surface area contributed by atoms with Crippen LogP contribution in [-0.4, -0.2) is 60.8 Å². The van der Waals surface area contributed by atoms with Gasteiger partial charge < -0.3 is 15.2 Å². The third-order valence-electron chi connectivity index (χ3n) is 3.02. The van der Waals surface area contributed by atoms with Gasteiger partial charge in [-0.3, -0.25) is 14.5 Å². The van der Waals surface area contributed by atoms with Crippen molar-refractivity contribution in [2.75, 3.05) is 32.8 Å². The molecule has 1 saturated heterocycles. The second-order valence-corrected chi connectivity index (χ2v) is 4.62. The Balaban J connectivity index is 2.56. The lowest BCUT2D eigenvalue weighted by atomic mass is 10.1.